The van der Waals surface area contributed by atoms with Gasteiger partial charge in [-0.05, 0) is 37.5 Å². The molecule has 0 radical (unpaired) electrons. The molecule has 0 aliphatic heterocycles. The smallest absolute Gasteiger partial charge is 0.462 e. The van der Waals surface area contributed by atoms with Gasteiger partial charge >= 0.3 is 39.5 Å². The molecule has 0 heterocycles. The molecule has 0 aromatic rings. The molecule has 0 aromatic heterocycles. The van der Waals surface area contributed by atoms with E-state index in [0.29, 0.717) is 25.7 Å². The molecule has 3 N–H and O–H groups in total. The van der Waals surface area contributed by atoms with Crippen LogP contribution in [-0.4, -0.2) is 96.7 Å². The maximum atomic E-state index is 13.2. The van der Waals surface area contributed by atoms with Crippen LogP contribution < -0.4 is 0 Å². The molecule has 17 nitrogen and oxygen atoms in total. The van der Waals surface area contributed by atoms with E-state index in [2.05, 4.69) is 41.5 Å². The maximum absolute atomic E-state index is 13.2. The Labute approximate surface area is 664 Å². The summed E-state index contributed by atoms with van der Waals surface area (Å²) in [4.78, 5) is 73.4. The molecule has 0 aliphatic carbocycles. The Morgan fingerprint density at radius 1 is 0.250 bits per heavy atom. The average Bonchev–Trinajstić information content (AvgIpc) is 0.899. The van der Waals surface area contributed by atoms with Crippen LogP contribution in [0.3, 0.4) is 0 Å². The van der Waals surface area contributed by atoms with Crippen molar-refractivity contribution < 1.29 is 80.2 Å². The van der Waals surface area contributed by atoms with Crippen molar-refractivity contribution in [2.45, 2.75) is 496 Å². The van der Waals surface area contributed by atoms with E-state index in [1.807, 2.05) is 0 Å². The Morgan fingerprint density at radius 2 is 0.426 bits per heavy atom. The highest BCUT2D eigenvalue weighted by Crippen LogP contribution is 2.45. The summed E-state index contributed by atoms with van der Waals surface area (Å²) in [5, 5.41) is 10.7. The largest absolute Gasteiger partial charge is 0.472 e. The first-order chi connectivity index (χ1) is 52.4. The highest BCUT2D eigenvalue weighted by molar-refractivity contribution is 7.47. The molecule has 108 heavy (non-hydrogen) atoms. The number of carbonyl (C=O) groups is 4. The van der Waals surface area contributed by atoms with Crippen molar-refractivity contribution in [1.82, 2.24) is 0 Å². The van der Waals surface area contributed by atoms with Gasteiger partial charge in [0, 0.05) is 25.7 Å². The zero-order chi connectivity index (χ0) is 79.2. The zero-order valence-corrected chi connectivity index (χ0v) is 73.0. The number of carbonyl (C=O) groups excluding carboxylic acids is 4. The molecular formula is C89H174O17P2. The van der Waals surface area contributed by atoms with Gasteiger partial charge in [0.15, 0.2) is 12.2 Å². The summed E-state index contributed by atoms with van der Waals surface area (Å²) in [7, 11) is -9.93. The van der Waals surface area contributed by atoms with Gasteiger partial charge in [-0.2, -0.15) is 0 Å². The van der Waals surface area contributed by atoms with Crippen molar-refractivity contribution >= 4 is 39.5 Å². The van der Waals surface area contributed by atoms with E-state index in [4.69, 9.17) is 37.0 Å². The van der Waals surface area contributed by atoms with Crippen LogP contribution in [0.4, 0.5) is 0 Å². The Kier molecular flexibility index (Phi) is 78.8. The third kappa shape index (κ3) is 82.1. The Morgan fingerprint density at radius 3 is 0.630 bits per heavy atom. The molecule has 19 heteroatoms. The van der Waals surface area contributed by atoms with E-state index in [1.54, 1.807) is 0 Å². The molecule has 2 unspecified atom stereocenters. The Bertz CT molecular complexity index is 2060. The van der Waals surface area contributed by atoms with E-state index in [0.717, 1.165) is 102 Å². The van der Waals surface area contributed by atoms with Crippen molar-refractivity contribution in [1.29, 1.82) is 0 Å². The van der Waals surface area contributed by atoms with Crippen molar-refractivity contribution in [3.8, 4) is 0 Å². The predicted octanol–water partition coefficient (Wildman–Crippen LogP) is 27.4. The first-order valence-electron chi connectivity index (χ1n) is 46.0. The van der Waals surface area contributed by atoms with Gasteiger partial charge in [0.05, 0.1) is 26.4 Å². The second kappa shape index (κ2) is 80.3. The number of esters is 4. The molecule has 0 amide bonds. The van der Waals surface area contributed by atoms with E-state index >= 15 is 0 Å². The summed E-state index contributed by atoms with van der Waals surface area (Å²) in [6.45, 7) is 9.69. The number of hydrogen-bond donors (Lipinski definition) is 3. The Hall–Kier alpha value is -1.94. The predicted molar refractivity (Wildman–Crippen MR) is 446 cm³/mol. The lowest BCUT2D eigenvalue weighted by Crippen LogP contribution is -2.30. The molecule has 0 aliphatic rings. The second-order valence-corrected chi connectivity index (χ2v) is 35.8. The monoisotopic (exact) mass is 1580 g/mol. The fourth-order valence-electron chi connectivity index (χ4n) is 14.0. The van der Waals surface area contributed by atoms with Gasteiger partial charge in [-0.1, -0.05) is 427 Å². The van der Waals surface area contributed by atoms with Gasteiger partial charge in [-0.3, -0.25) is 37.3 Å². The van der Waals surface area contributed by atoms with Crippen LogP contribution in [0.25, 0.3) is 0 Å². The van der Waals surface area contributed by atoms with E-state index in [-0.39, 0.29) is 25.7 Å². The Balaban J connectivity index is 5.25. The summed E-state index contributed by atoms with van der Waals surface area (Å²) >= 11 is 0. The number of hydrogen-bond acceptors (Lipinski definition) is 15. The first-order valence-corrected chi connectivity index (χ1v) is 49.0. The number of unbranched alkanes of at least 4 members (excludes halogenated alkanes) is 58. The number of ether oxygens (including phenoxy) is 4. The first kappa shape index (κ1) is 106. The molecule has 0 spiro atoms. The van der Waals surface area contributed by atoms with Crippen molar-refractivity contribution in [3.63, 3.8) is 0 Å². The van der Waals surface area contributed by atoms with Gasteiger partial charge in [0.1, 0.15) is 19.3 Å². The summed E-state index contributed by atoms with van der Waals surface area (Å²) in [6, 6.07) is 0. The maximum Gasteiger partial charge on any atom is 0.472 e. The normalized spacial score (nSPS) is 13.8. The number of aliphatic hydroxyl groups excluding tert-OH is 1. The molecule has 0 saturated heterocycles. The summed E-state index contributed by atoms with van der Waals surface area (Å²) < 4.78 is 69.0. The van der Waals surface area contributed by atoms with Crippen LogP contribution in [0, 0.1) is 11.8 Å². The SMILES string of the molecule is CCCCCCCCCCCCCCCCCCCCCCC(=O)OC[C@H](COP(=O)(O)OC[C@@H](O)COP(=O)(O)OC[C@@H](COC(=O)CCCCCCCCCCCC(C)C)OC(=O)CCCCCCCCCCCCCCCC(C)C)OC(=O)CCCCCCCCCCCCCCCCCCCCCC. The molecule has 5 atom stereocenters. The zero-order valence-electron chi connectivity index (χ0n) is 71.2. The fourth-order valence-corrected chi connectivity index (χ4v) is 15.5. The highest BCUT2D eigenvalue weighted by Gasteiger charge is 2.31. The van der Waals surface area contributed by atoms with Crippen LogP contribution in [0.5, 0.6) is 0 Å². The van der Waals surface area contributed by atoms with E-state index in [9.17, 15) is 43.2 Å². The van der Waals surface area contributed by atoms with Gasteiger partial charge in [0.25, 0.3) is 0 Å². The lowest BCUT2D eigenvalue weighted by molar-refractivity contribution is -0.161. The minimum absolute atomic E-state index is 0.107. The van der Waals surface area contributed by atoms with Crippen molar-refractivity contribution in [2.75, 3.05) is 39.6 Å². The molecule has 642 valence electrons. The van der Waals surface area contributed by atoms with E-state index in [1.165, 1.54) is 295 Å². The van der Waals surface area contributed by atoms with Gasteiger partial charge in [-0.15, -0.1) is 0 Å². The molecule has 0 saturated carbocycles. The molecule has 0 fully saturated rings. The molecule has 0 bridgehead atoms. The van der Waals surface area contributed by atoms with Gasteiger partial charge in [-0.25, -0.2) is 9.13 Å². The second-order valence-electron chi connectivity index (χ2n) is 32.9. The molecule has 0 aromatic carbocycles. The van der Waals surface area contributed by atoms with E-state index < -0.39 is 97.5 Å². The minimum Gasteiger partial charge on any atom is -0.462 e. The highest BCUT2D eigenvalue weighted by atomic mass is 31.2. The number of aliphatic hydroxyl groups is 1. The lowest BCUT2D eigenvalue weighted by atomic mass is 10.0. The summed E-state index contributed by atoms with van der Waals surface area (Å²) in [5.41, 5.74) is 0. The quantitative estimate of drug-likeness (QED) is 0.0222. The number of rotatable bonds is 88. The standard InChI is InChI=1S/C89H174O17P2/c1-7-9-11-13-15-17-19-21-23-25-27-29-31-33-37-41-47-53-59-65-71-86(91)99-77-84(105-88(93)73-67-61-55-48-42-38-34-32-30-28-26-24-22-20-18-16-14-12-10-8-2)79-103-107(95,96)101-75-83(90)76-102-108(97,98)104-80-85(78-100-87(92)72-66-60-54-50-44-46-52-58-64-70-82(5)6)106-89(94)74-68-62-56-49-43-39-35-36-40-45-51-57-63-69-81(3)4/h81-85,90H,7-80H2,1-6H3,(H,95,96)(H,97,98)/t83-,84-,85-/m1/s1. The number of phosphoric acid groups is 2. The van der Waals surface area contributed by atoms with Crippen LogP contribution in [-0.2, 0) is 65.4 Å². The third-order valence-corrected chi connectivity index (χ3v) is 22.9. The topological polar surface area (TPSA) is 237 Å². The van der Waals surface area contributed by atoms with Crippen molar-refractivity contribution in [2.24, 2.45) is 11.8 Å². The lowest BCUT2D eigenvalue weighted by Gasteiger charge is -2.21. The summed E-state index contributed by atoms with van der Waals surface area (Å²) in [5.74, 6) is -0.569. The van der Waals surface area contributed by atoms with Crippen LogP contribution in [0.2, 0.25) is 0 Å². The number of phosphoric ester groups is 2. The van der Waals surface area contributed by atoms with Gasteiger partial charge in [0.2, 0.25) is 0 Å². The van der Waals surface area contributed by atoms with Crippen LogP contribution in [0.15, 0.2) is 0 Å². The van der Waals surface area contributed by atoms with Crippen molar-refractivity contribution in [3.05, 3.63) is 0 Å². The molecular weight excluding hydrogens is 1400 g/mol. The minimum atomic E-state index is -4.97. The third-order valence-electron chi connectivity index (χ3n) is 21.0. The fraction of sp³-hybridized carbons (Fsp3) is 0.955. The van der Waals surface area contributed by atoms with Gasteiger partial charge < -0.3 is 33.8 Å². The van der Waals surface area contributed by atoms with Crippen LogP contribution >= 0.6 is 15.6 Å². The van der Waals surface area contributed by atoms with Crippen LogP contribution in [0.1, 0.15) is 478 Å². The average molecular weight is 1580 g/mol. The molecule has 0 rings (SSSR count). The summed E-state index contributed by atoms with van der Waals surface area (Å²) in [6.07, 6.45) is 73.7.